The van der Waals surface area contributed by atoms with Crippen LogP contribution in [0.3, 0.4) is 0 Å². The summed E-state index contributed by atoms with van der Waals surface area (Å²) in [5.74, 6) is -0.118. The van der Waals surface area contributed by atoms with Crippen LogP contribution in [0.25, 0.3) is 0 Å². The first-order valence-corrected chi connectivity index (χ1v) is 9.19. The van der Waals surface area contributed by atoms with Crippen molar-refractivity contribution in [2.24, 2.45) is 0 Å². The molecule has 1 N–H and O–H groups in total. The van der Waals surface area contributed by atoms with Crippen LogP contribution in [-0.4, -0.2) is 71.3 Å². The minimum Gasteiger partial charge on any atom is -0.352 e. The lowest BCUT2D eigenvalue weighted by Gasteiger charge is -2.36. The highest BCUT2D eigenvalue weighted by Gasteiger charge is 2.37. The fourth-order valence-electron chi connectivity index (χ4n) is 3.71. The van der Waals surface area contributed by atoms with Gasteiger partial charge in [0.25, 0.3) is 0 Å². The Kier molecular flexibility index (Phi) is 4.40. The number of benzene rings is 1. The van der Waals surface area contributed by atoms with Crippen molar-refractivity contribution in [3.05, 3.63) is 35.4 Å². The average Bonchev–Trinajstić information content (AvgIpc) is 3.40. The van der Waals surface area contributed by atoms with E-state index < -0.39 is 0 Å². The fourth-order valence-corrected chi connectivity index (χ4v) is 3.71. The van der Waals surface area contributed by atoms with Crippen LogP contribution in [0.2, 0.25) is 0 Å². The van der Waals surface area contributed by atoms with E-state index in [0.717, 1.165) is 12.8 Å². The molecule has 3 aliphatic rings. The number of hydrogen-bond acceptors (Lipinski definition) is 4. The van der Waals surface area contributed by atoms with E-state index in [1.165, 1.54) is 20.9 Å². The smallest absolute Gasteiger partial charge is 0.327 e. The van der Waals surface area contributed by atoms with Crippen LogP contribution in [0, 0.1) is 0 Å². The number of fused-ring (bicyclic) bond motifs is 1. The molecule has 26 heavy (non-hydrogen) atoms. The van der Waals surface area contributed by atoms with Crippen molar-refractivity contribution < 1.29 is 14.4 Å². The molecule has 4 amide bonds. The number of nitrogens with one attached hydrogen (secondary N) is 1. The normalized spacial score (nSPS) is 23.3. The van der Waals surface area contributed by atoms with E-state index in [0.29, 0.717) is 32.1 Å². The van der Waals surface area contributed by atoms with Gasteiger partial charge in [0.05, 0.1) is 6.04 Å². The highest BCUT2D eigenvalue weighted by Crippen LogP contribution is 2.25. The number of imide groups is 1. The zero-order chi connectivity index (χ0) is 18.3. The summed E-state index contributed by atoms with van der Waals surface area (Å²) in [7, 11) is 1.63. The predicted octanol–water partition coefficient (Wildman–Crippen LogP) is 0.586. The number of hydrogen-bond donors (Lipinski definition) is 1. The first-order valence-electron chi connectivity index (χ1n) is 9.19. The van der Waals surface area contributed by atoms with Crippen molar-refractivity contribution in [3.63, 3.8) is 0 Å². The van der Waals surface area contributed by atoms with Gasteiger partial charge in [0.1, 0.15) is 6.54 Å². The van der Waals surface area contributed by atoms with Gasteiger partial charge in [-0.2, -0.15) is 0 Å². The Morgan fingerprint density at radius 1 is 1.12 bits per heavy atom. The van der Waals surface area contributed by atoms with E-state index in [4.69, 9.17) is 0 Å². The summed E-state index contributed by atoms with van der Waals surface area (Å²) in [5.41, 5.74) is 2.41. The molecule has 1 atom stereocenters. The van der Waals surface area contributed by atoms with Gasteiger partial charge in [-0.1, -0.05) is 24.3 Å². The highest BCUT2D eigenvalue weighted by molar-refractivity contribution is 6.01. The van der Waals surface area contributed by atoms with E-state index in [1.807, 2.05) is 12.1 Å². The van der Waals surface area contributed by atoms with E-state index >= 15 is 0 Å². The lowest BCUT2D eigenvalue weighted by molar-refractivity contribution is -0.127. The SMILES string of the molecule is CN1CC(=O)N(CCN2Cc3ccccc3C[C@@H]2C(=O)NC2CC2)C1=O. The molecule has 0 aromatic heterocycles. The molecular formula is C19H24N4O3. The van der Waals surface area contributed by atoms with Crippen LogP contribution in [0.4, 0.5) is 4.79 Å². The molecule has 0 unspecified atom stereocenters. The second kappa shape index (κ2) is 6.72. The van der Waals surface area contributed by atoms with Crippen molar-refractivity contribution in [2.75, 3.05) is 26.7 Å². The summed E-state index contributed by atoms with van der Waals surface area (Å²) in [6.45, 7) is 1.61. The molecule has 1 saturated carbocycles. The van der Waals surface area contributed by atoms with Gasteiger partial charge in [-0.05, 0) is 30.4 Å². The maximum atomic E-state index is 12.7. The average molecular weight is 356 g/mol. The van der Waals surface area contributed by atoms with Gasteiger partial charge < -0.3 is 10.2 Å². The molecule has 2 heterocycles. The Bertz CT molecular complexity index is 746. The molecule has 0 spiro atoms. The van der Waals surface area contributed by atoms with Gasteiger partial charge in [0, 0.05) is 32.7 Å². The summed E-state index contributed by atoms with van der Waals surface area (Å²) >= 11 is 0. The van der Waals surface area contributed by atoms with E-state index in [2.05, 4.69) is 22.3 Å². The van der Waals surface area contributed by atoms with Crippen LogP contribution < -0.4 is 5.32 Å². The zero-order valence-electron chi connectivity index (χ0n) is 15.0. The number of urea groups is 1. The molecule has 2 aliphatic heterocycles. The monoisotopic (exact) mass is 356 g/mol. The second-order valence-corrected chi connectivity index (χ2v) is 7.43. The Hall–Kier alpha value is -2.41. The topological polar surface area (TPSA) is 73.0 Å². The third kappa shape index (κ3) is 3.31. The molecule has 1 saturated heterocycles. The van der Waals surface area contributed by atoms with Crippen LogP contribution >= 0.6 is 0 Å². The lowest BCUT2D eigenvalue weighted by atomic mass is 9.93. The largest absolute Gasteiger partial charge is 0.352 e. The molecule has 4 rings (SSSR count). The molecule has 1 aromatic rings. The van der Waals surface area contributed by atoms with E-state index in [1.54, 1.807) is 7.05 Å². The Morgan fingerprint density at radius 2 is 1.85 bits per heavy atom. The van der Waals surface area contributed by atoms with Crippen LogP contribution in [-0.2, 0) is 22.6 Å². The molecule has 0 radical (unpaired) electrons. The van der Waals surface area contributed by atoms with Gasteiger partial charge in [0.15, 0.2) is 0 Å². The molecule has 7 nitrogen and oxygen atoms in total. The summed E-state index contributed by atoms with van der Waals surface area (Å²) < 4.78 is 0. The minimum atomic E-state index is -0.258. The van der Waals surface area contributed by atoms with Crippen molar-refractivity contribution in [1.29, 1.82) is 0 Å². The number of nitrogens with zero attached hydrogens (tertiary/aromatic N) is 3. The van der Waals surface area contributed by atoms with Crippen LogP contribution in [0.5, 0.6) is 0 Å². The van der Waals surface area contributed by atoms with Crippen molar-refractivity contribution in [1.82, 2.24) is 20.0 Å². The maximum absolute atomic E-state index is 12.7. The minimum absolute atomic E-state index is 0.0539. The number of rotatable bonds is 5. The number of amides is 4. The van der Waals surface area contributed by atoms with Gasteiger partial charge in [-0.25, -0.2) is 4.79 Å². The van der Waals surface area contributed by atoms with Gasteiger partial charge in [-0.3, -0.25) is 19.4 Å². The molecular weight excluding hydrogens is 332 g/mol. The Balaban J connectivity index is 1.48. The van der Waals surface area contributed by atoms with Gasteiger partial charge >= 0.3 is 6.03 Å². The van der Waals surface area contributed by atoms with E-state index in [-0.39, 0.29) is 30.4 Å². The third-order valence-corrected chi connectivity index (χ3v) is 5.41. The predicted molar refractivity (Wildman–Crippen MR) is 95.2 cm³/mol. The Labute approximate surface area is 152 Å². The lowest BCUT2D eigenvalue weighted by Crippen LogP contribution is -2.52. The molecule has 138 valence electrons. The van der Waals surface area contributed by atoms with Crippen molar-refractivity contribution in [2.45, 2.75) is 37.9 Å². The quantitative estimate of drug-likeness (QED) is 0.784. The maximum Gasteiger partial charge on any atom is 0.327 e. The summed E-state index contributed by atoms with van der Waals surface area (Å²) in [6, 6.07) is 7.97. The van der Waals surface area contributed by atoms with Gasteiger partial charge in [0.2, 0.25) is 11.8 Å². The molecule has 1 aliphatic carbocycles. The van der Waals surface area contributed by atoms with Crippen LogP contribution in [0.15, 0.2) is 24.3 Å². The molecule has 1 aromatic carbocycles. The van der Waals surface area contributed by atoms with E-state index in [9.17, 15) is 14.4 Å². The van der Waals surface area contributed by atoms with Crippen LogP contribution in [0.1, 0.15) is 24.0 Å². The Morgan fingerprint density at radius 3 is 2.50 bits per heavy atom. The molecule has 0 bridgehead atoms. The summed E-state index contributed by atoms with van der Waals surface area (Å²) in [4.78, 5) is 41.6. The number of carbonyl (C=O) groups excluding carboxylic acids is 3. The zero-order valence-corrected chi connectivity index (χ0v) is 15.0. The summed E-state index contributed by atoms with van der Waals surface area (Å²) in [6.07, 6.45) is 2.77. The first kappa shape index (κ1) is 17.0. The van der Waals surface area contributed by atoms with Crippen molar-refractivity contribution >= 4 is 17.8 Å². The highest BCUT2D eigenvalue weighted by atomic mass is 16.2. The van der Waals surface area contributed by atoms with Gasteiger partial charge in [-0.15, -0.1) is 0 Å². The molecule has 7 heteroatoms. The third-order valence-electron chi connectivity index (χ3n) is 5.41. The van der Waals surface area contributed by atoms with Crippen molar-refractivity contribution in [3.8, 4) is 0 Å². The first-order chi connectivity index (χ1) is 12.5. The molecule has 2 fully saturated rings. The number of carbonyl (C=O) groups is 3. The fraction of sp³-hybridized carbons (Fsp3) is 0.526. The summed E-state index contributed by atoms with van der Waals surface area (Å²) in [5, 5.41) is 3.10. The number of likely N-dealkylation sites (N-methyl/N-ethyl adjacent to an activating group) is 1. The standard InChI is InChI=1S/C19H24N4O3/c1-21-12-17(24)23(19(21)26)9-8-22-11-14-5-3-2-4-13(14)10-16(22)18(25)20-15-6-7-15/h2-5,15-16H,6-12H2,1H3,(H,20,25)/t16-/m1/s1. The second-order valence-electron chi connectivity index (χ2n) is 7.43.